The summed E-state index contributed by atoms with van der Waals surface area (Å²) in [5.74, 6) is 0.0982. The van der Waals surface area contributed by atoms with Crippen molar-refractivity contribution in [3.05, 3.63) is 101 Å². The van der Waals surface area contributed by atoms with E-state index < -0.39 is 17.7 Å². The van der Waals surface area contributed by atoms with Crippen LogP contribution in [0.4, 0.5) is 15.8 Å². The Morgan fingerprint density at radius 3 is 2.30 bits per heavy atom. The van der Waals surface area contributed by atoms with Crippen molar-refractivity contribution in [2.75, 3.05) is 37.0 Å². The Labute approximate surface area is 295 Å². The highest BCUT2D eigenvalue weighted by atomic mass is 19.1. The molecule has 1 saturated heterocycles. The van der Waals surface area contributed by atoms with Gasteiger partial charge in [-0.15, -0.1) is 0 Å². The molecule has 1 aliphatic heterocycles. The summed E-state index contributed by atoms with van der Waals surface area (Å²) in [6, 6.07) is 22.1. The highest BCUT2D eigenvalue weighted by Gasteiger charge is 2.37. The van der Waals surface area contributed by atoms with Crippen molar-refractivity contribution in [1.82, 2.24) is 4.98 Å². The van der Waals surface area contributed by atoms with Crippen molar-refractivity contribution in [2.24, 2.45) is 5.41 Å². The van der Waals surface area contributed by atoms with E-state index in [2.05, 4.69) is 24.1 Å². The van der Waals surface area contributed by atoms with Crippen LogP contribution >= 0.6 is 0 Å². The summed E-state index contributed by atoms with van der Waals surface area (Å²) in [5.41, 5.74) is 5.83. The maximum absolute atomic E-state index is 13.3. The maximum atomic E-state index is 13.3. The number of hydrogen-bond donors (Lipinski definition) is 2. The number of ether oxygens (including phenoxy) is 3. The van der Waals surface area contributed by atoms with Crippen LogP contribution in [-0.2, 0) is 22.5 Å². The van der Waals surface area contributed by atoms with E-state index in [1.54, 1.807) is 19.2 Å². The van der Waals surface area contributed by atoms with Crippen LogP contribution in [0.2, 0.25) is 0 Å². The standard InChI is InChI=1S/C41H50FN3O5/c1-27-35(38(39(46)47)50-40(2,3)4)37(45-23-21-41(5,6)22-24-45)36(33(44-27)26-43-32-10-8-9-11-34(32)48-7)29-14-18-31(19-15-29)49-25-20-28-12-16-30(42)17-13-28/h8-19,38,43H,20-26H2,1-7H3,(H,46,47)/t38-/m0/s1. The molecule has 0 bridgehead atoms. The first kappa shape index (κ1) is 36.6. The molecule has 1 atom stereocenters. The number of methoxy groups -OCH3 is 1. The maximum Gasteiger partial charge on any atom is 0.337 e. The number of para-hydroxylation sites is 2. The zero-order valence-electron chi connectivity index (χ0n) is 30.3. The molecule has 0 unspecified atom stereocenters. The number of aromatic nitrogens is 1. The molecule has 1 aromatic heterocycles. The third-order valence-corrected chi connectivity index (χ3v) is 9.13. The molecular weight excluding hydrogens is 633 g/mol. The summed E-state index contributed by atoms with van der Waals surface area (Å²) in [7, 11) is 1.64. The fraction of sp³-hybridized carbons (Fsp3) is 0.415. The molecule has 266 valence electrons. The number of nitrogens with one attached hydrogen (secondary N) is 1. The van der Waals surface area contributed by atoms with Gasteiger partial charge in [-0.3, -0.25) is 4.98 Å². The number of benzene rings is 3. The minimum absolute atomic E-state index is 0.175. The number of aryl methyl sites for hydroxylation is 1. The number of hydrogen-bond acceptors (Lipinski definition) is 7. The van der Waals surface area contributed by atoms with Crippen LogP contribution in [0, 0.1) is 18.2 Å². The van der Waals surface area contributed by atoms with Gasteiger partial charge in [0.2, 0.25) is 0 Å². The number of carbonyl (C=O) groups is 1. The van der Waals surface area contributed by atoms with E-state index in [0.29, 0.717) is 42.3 Å². The van der Waals surface area contributed by atoms with Crippen molar-refractivity contribution < 1.29 is 28.5 Å². The lowest BCUT2D eigenvalue weighted by Gasteiger charge is -2.41. The molecule has 2 N–H and O–H groups in total. The Morgan fingerprint density at radius 1 is 1.02 bits per heavy atom. The Morgan fingerprint density at radius 2 is 1.68 bits per heavy atom. The van der Waals surface area contributed by atoms with Gasteiger partial charge >= 0.3 is 5.97 Å². The molecule has 0 spiro atoms. The number of halogens is 1. The minimum atomic E-state index is -1.23. The molecule has 3 aromatic carbocycles. The van der Waals surface area contributed by atoms with E-state index in [0.717, 1.165) is 59.7 Å². The molecule has 0 saturated carbocycles. The number of pyridine rings is 1. The average molecular weight is 684 g/mol. The molecule has 0 amide bonds. The lowest BCUT2D eigenvalue weighted by molar-refractivity contribution is -0.160. The Hall–Kier alpha value is -4.63. The second-order valence-corrected chi connectivity index (χ2v) is 14.7. The van der Waals surface area contributed by atoms with Gasteiger partial charge in [0.05, 0.1) is 42.9 Å². The van der Waals surface area contributed by atoms with Gasteiger partial charge < -0.3 is 29.5 Å². The van der Waals surface area contributed by atoms with Gasteiger partial charge in [-0.2, -0.15) is 0 Å². The van der Waals surface area contributed by atoms with Crippen LogP contribution in [0.1, 0.15) is 76.1 Å². The van der Waals surface area contributed by atoms with E-state index in [9.17, 15) is 14.3 Å². The molecule has 0 aliphatic carbocycles. The van der Waals surface area contributed by atoms with E-state index in [1.165, 1.54) is 12.1 Å². The van der Waals surface area contributed by atoms with Gasteiger partial charge in [0.25, 0.3) is 0 Å². The van der Waals surface area contributed by atoms with Crippen LogP contribution in [0.15, 0.2) is 72.8 Å². The van der Waals surface area contributed by atoms with E-state index in [4.69, 9.17) is 19.2 Å². The lowest BCUT2D eigenvalue weighted by Crippen LogP contribution is -2.39. The zero-order chi connectivity index (χ0) is 36.1. The number of carboxylic acid groups (broad SMARTS) is 1. The predicted molar refractivity (Wildman–Crippen MR) is 197 cm³/mol. The smallest absolute Gasteiger partial charge is 0.337 e. The number of anilines is 2. The van der Waals surface area contributed by atoms with Gasteiger partial charge in [-0.25, -0.2) is 9.18 Å². The van der Waals surface area contributed by atoms with Crippen LogP contribution in [0.5, 0.6) is 11.5 Å². The number of rotatable bonds is 13. The van der Waals surface area contributed by atoms with Crippen LogP contribution in [0.3, 0.4) is 0 Å². The molecule has 5 rings (SSSR count). The third kappa shape index (κ3) is 9.13. The van der Waals surface area contributed by atoms with Crippen LogP contribution in [-0.4, -0.2) is 48.5 Å². The largest absolute Gasteiger partial charge is 0.495 e. The number of carboxylic acids is 1. The first-order chi connectivity index (χ1) is 23.7. The fourth-order valence-electron chi connectivity index (χ4n) is 6.38. The highest BCUT2D eigenvalue weighted by Crippen LogP contribution is 2.45. The molecule has 8 nitrogen and oxygen atoms in total. The summed E-state index contributed by atoms with van der Waals surface area (Å²) >= 11 is 0. The van der Waals surface area contributed by atoms with E-state index in [-0.39, 0.29) is 11.2 Å². The second-order valence-electron chi connectivity index (χ2n) is 14.7. The van der Waals surface area contributed by atoms with Gasteiger partial charge in [-0.1, -0.05) is 50.2 Å². The SMILES string of the molecule is COc1ccccc1NCc1nc(C)c([C@H](OC(C)(C)C)C(=O)O)c(N2CCC(C)(C)CC2)c1-c1ccc(OCCc2ccc(F)cc2)cc1. The van der Waals surface area contributed by atoms with Gasteiger partial charge in [0.1, 0.15) is 17.3 Å². The molecule has 9 heteroatoms. The molecule has 4 aromatic rings. The highest BCUT2D eigenvalue weighted by molar-refractivity contribution is 5.88. The Balaban J connectivity index is 1.61. The number of nitrogens with zero attached hydrogens (tertiary/aromatic N) is 2. The molecule has 0 radical (unpaired) electrons. The quantitative estimate of drug-likeness (QED) is 0.144. The number of piperidine rings is 1. The van der Waals surface area contributed by atoms with Gasteiger partial charge in [0, 0.05) is 36.3 Å². The van der Waals surface area contributed by atoms with Crippen LogP contribution in [0.25, 0.3) is 11.1 Å². The van der Waals surface area contributed by atoms with Gasteiger partial charge in [0.15, 0.2) is 6.10 Å². The van der Waals surface area contributed by atoms with E-state index >= 15 is 0 Å². The topological polar surface area (TPSA) is 93.1 Å². The molecule has 1 aliphatic rings. The summed E-state index contributed by atoms with van der Waals surface area (Å²) in [6.07, 6.45) is 1.34. The zero-order valence-corrected chi connectivity index (χ0v) is 30.3. The predicted octanol–water partition coefficient (Wildman–Crippen LogP) is 9.01. The van der Waals surface area contributed by atoms with Crippen LogP contribution < -0.4 is 19.7 Å². The summed E-state index contributed by atoms with van der Waals surface area (Å²) < 4.78 is 31.3. The first-order valence-corrected chi connectivity index (χ1v) is 17.3. The van der Waals surface area contributed by atoms with E-state index in [1.807, 2.05) is 76.2 Å². The van der Waals surface area contributed by atoms with Gasteiger partial charge in [-0.05, 0) is 93.5 Å². The van der Waals surface area contributed by atoms with Crippen molar-refractivity contribution >= 4 is 17.3 Å². The van der Waals surface area contributed by atoms with Crippen molar-refractivity contribution in [1.29, 1.82) is 0 Å². The molecular formula is C41H50FN3O5. The summed E-state index contributed by atoms with van der Waals surface area (Å²) in [5, 5.41) is 14.2. The third-order valence-electron chi connectivity index (χ3n) is 9.13. The monoisotopic (exact) mass is 683 g/mol. The Bertz CT molecular complexity index is 1760. The second kappa shape index (κ2) is 15.5. The normalized spacial score (nSPS) is 15.0. The van der Waals surface area contributed by atoms with Crippen molar-refractivity contribution in [3.8, 4) is 22.6 Å². The Kier molecular flexibility index (Phi) is 11.4. The molecule has 50 heavy (non-hydrogen) atoms. The van der Waals surface area contributed by atoms with Crippen molar-refractivity contribution in [2.45, 2.75) is 79.1 Å². The summed E-state index contributed by atoms with van der Waals surface area (Å²) in [4.78, 5) is 20.5. The minimum Gasteiger partial charge on any atom is -0.495 e. The summed E-state index contributed by atoms with van der Waals surface area (Å²) in [6.45, 7) is 14.4. The van der Waals surface area contributed by atoms with Crippen molar-refractivity contribution in [3.63, 3.8) is 0 Å². The average Bonchev–Trinajstić information content (AvgIpc) is 3.07. The molecule has 2 heterocycles. The lowest BCUT2D eigenvalue weighted by atomic mass is 9.81. The first-order valence-electron chi connectivity index (χ1n) is 17.3. The molecule has 1 fully saturated rings. The number of aliphatic carboxylic acids is 1. The fourth-order valence-corrected chi connectivity index (χ4v) is 6.38.